The van der Waals surface area contributed by atoms with Gasteiger partial charge in [0.2, 0.25) is 5.95 Å². The highest BCUT2D eigenvalue weighted by Gasteiger charge is 2.22. The largest absolute Gasteiger partial charge is 0.383 e. The Morgan fingerprint density at radius 3 is 2.67 bits per heavy atom. The van der Waals surface area contributed by atoms with E-state index >= 15 is 0 Å². The molecule has 0 atom stereocenters. The van der Waals surface area contributed by atoms with E-state index < -0.39 is 5.82 Å². The summed E-state index contributed by atoms with van der Waals surface area (Å²) < 4.78 is 15.1. The van der Waals surface area contributed by atoms with Crippen LogP contribution in [-0.2, 0) is 7.05 Å². The fourth-order valence-electron chi connectivity index (χ4n) is 3.01. The van der Waals surface area contributed by atoms with Crippen molar-refractivity contribution in [2.24, 2.45) is 7.05 Å². The number of nitrogens with zero attached hydrogens (tertiary/aromatic N) is 5. The van der Waals surface area contributed by atoms with Crippen LogP contribution in [0.5, 0.6) is 0 Å². The van der Waals surface area contributed by atoms with Gasteiger partial charge in [0.05, 0.1) is 16.1 Å². The maximum Gasteiger partial charge on any atom is 0.228 e. The number of benzene rings is 1. The highest BCUT2D eigenvalue weighted by molar-refractivity contribution is 6.31. The maximum absolute atomic E-state index is 13.5. The number of hydrogen-bond donors (Lipinski definition) is 1. The molecular formula is C16H16ClFN6. The van der Waals surface area contributed by atoms with Crippen LogP contribution >= 0.6 is 11.6 Å². The molecule has 0 amide bonds. The van der Waals surface area contributed by atoms with Crippen molar-refractivity contribution in [1.29, 1.82) is 0 Å². The van der Waals surface area contributed by atoms with Gasteiger partial charge in [-0.05, 0) is 31.0 Å². The van der Waals surface area contributed by atoms with Crippen molar-refractivity contribution in [3.8, 4) is 11.3 Å². The van der Waals surface area contributed by atoms with E-state index in [2.05, 4.69) is 15.0 Å². The van der Waals surface area contributed by atoms with Crippen molar-refractivity contribution in [2.45, 2.75) is 12.8 Å². The number of aryl methyl sites for hydroxylation is 1. The van der Waals surface area contributed by atoms with Crippen LogP contribution in [-0.4, -0.2) is 32.8 Å². The fraction of sp³-hybridized carbons (Fsp3) is 0.312. The van der Waals surface area contributed by atoms with Gasteiger partial charge >= 0.3 is 0 Å². The van der Waals surface area contributed by atoms with E-state index in [0.29, 0.717) is 34.1 Å². The fourth-order valence-corrected chi connectivity index (χ4v) is 3.19. The number of halogens is 2. The number of nitrogen functional groups attached to an aromatic ring is 1. The first-order chi connectivity index (χ1) is 11.5. The zero-order valence-corrected chi connectivity index (χ0v) is 13.9. The van der Waals surface area contributed by atoms with Crippen molar-refractivity contribution >= 4 is 34.4 Å². The van der Waals surface area contributed by atoms with Crippen LogP contribution in [0.4, 0.5) is 16.2 Å². The first kappa shape index (κ1) is 15.1. The summed E-state index contributed by atoms with van der Waals surface area (Å²) in [6.07, 6.45) is 2.23. The number of nitrogens with two attached hydrogens (primary N) is 1. The Morgan fingerprint density at radius 1 is 1.21 bits per heavy atom. The minimum absolute atomic E-state index is 0.0458. The lowest BCUT2D eigenvalue weighted by Crippen LogP contribution is -2.20. The van der Waals surface area contributed by atoms with Crippen molar-refractivity contribution in [1.82, 2.24) is 19.7 Å². The first-order valence-electron chi connectivity index (χ1n) is 7.75. The molecule has 1 fully saturated rings. The highest BCUT2D eigenvalue weighted by atomic mass is 35.5. The highest BCUT2D eigenvalue weighted by Crippen LogP contribution is 2.33. The summed E-state index contributed by atoms with van der Waals surface area (Å²) in [5.41, 5.74) is 7.99. The molecule has 2 N–H and O–H groups in total. The Labute approximate surface area is 143 Å². The van der Waals surface area contributed by atoms with E-state index in [0.717, 1.165) is 25.9 Å². The molecule has 24 heavy (non-hydrogen) atoms. The summed E-state index contributed by atoms with van der Waals surface area (Å²) >= 11 is 5.95. The number of anilines is 2. The second kappa shape index (κ2) is 5.59. The molecule has 0 spiro atoms. The Morgan fingerprint density at radius 2 is 1.96 bits per heavy atom. The van der Waals surface area contributed by atoms with Crippen LogP contribution in [0.25, 0.3) is 22.3 Å². The summed E-state index contributed by atoms with van der Waals surface area (Å²) in [7, 11) is 1.76. The first-order valence-corrected chi connectivity index (χ1v) is 8.13. The summed E-state index contributed by atoms with van der Waals surface area (Å²) in [6, 6.07) is 4.52. The molecule has 1 aliphatic heterocycles. The summed E-state index contributed by atoms with van der Waals surface area (Å²) in [6.45, 7) is 1.83. The Kier molecular flexibility index (Phi) is 3.53. The van der Waals surface area contributed by atoms with Crippen LogP contribution in [0, 0.1) is 5.82 Å². The lowest BCUT2D eigenvalue weighted by Gasteiger charge is -2.16. The van der Waals surface area contributed by atoms with Gasteiger partial charge in [0.25, 0.3) is 0 Å². The average molecular weight is 347 g/mol. The second-order valence-electron chi connectivity index (χ2n) is 5.90. The predicted molar refractivity (Wildman–Crippen MR) is 92.6 cm³/mol. The molecular weight excluding hydrogens is 331 g/mol. The van der Waals surface area contributed by atoms with Crippen molar-refractivity contribution in [3.05, 3.63) is 29.0 Å². The van der Waals surface area contributed by atoms with Gasteiger partial charge < -0.3 is 10.6 Å². The van der Waals surface area contributed by atoms with Gasteiger partial charge in [0.15, 0.2) is 5.65 Å². The molecule has 0 unspecified atom stereocenters. The monoisotopic (exact) mass is 346 g/mol. The van der Waals surface area contributed by atoms with Gasteiger partial charge in [0.1, 0.15) is 11.6 Å². The summed E-state index contributed by atoms with van der Waals surface area (Å²) in [5, 5.41) is 5.08. The minimum atomic E-state index is -0.468. The van der Waals surface area contributed by atoms with E-state index in [-0.39, 0.29) is 5.02 Å². The standard InChI is InChI=1S/C16H16ClFN6/c1-23-14(19)12-13(9-4-5-11(18)10(17)8-9)20-16(21-15(12)22-23)24-6-2-3-7-24/h4-5,8H,2-3,6-7,19H2,1H3. The molecule has 2 aromatic heterocycles. The van der Waals surface area contributed by atoms with Crippen LogP contribution in [0.3, 0.4) is 0 Å². The van der Waals surface area contributed by atoms with E-state index in [9.17, 15) is 4.39 Å². The van der Waals surface area contributed by atoms with E-state index in [4.69, 9.17) is 22.3 Å². The Bertz CT molecular complexity index is 932. The van der Waals surface area contributed by atoms with Gasteiger partial charge in [-0.3, -0.25) is 4.68 Å². The molecule has 124 valence electrons. The normalized spacial score (nSPS) is 14.7. The molecule has 6 nitrogen and oxygen atoms in total. The minimum Gasteiger partial charge on any atom is -0.383 e. The van der Waals surface area contributed by atoms with Gasteiger partial charge in [-0.1, -0.05) is 11.6 Å². The van der Waals surface area contributed by atoms with Crippen LogP contribution < -0.4 is 10.6 Å². The smallest absolute Gasteiger partial charge is 0.228 e. The topological polar surface area (TPSA) is 72.9 Å². The predicted octanol–water partition coefficient (Wildman–Crippen LogP) is 3.01. The maximum atomic E-state index is 13.5. The Balaban J connectivity index is 1.98. The summed E-state index contributed by atoms with van der Waals surface area (Å²) in [4.78, 5) is 11.4. The molecule has 1 aliphatic rings. The third-order valence-corrected chi connectivity index (χ3v) is 4.60. The number of rotatable bonds is 2. The molecule has 3 aromatic rings. The van der Waals surface area contributed by atoms with E-state index in [1.807, 2.05) is 0 Å². The zero-order valence-electron chi connectivity index (χ0n) is 13.1. The molecule has 4 rings (SSSR count). The molecule has 8 heteroatoms. The average Bonchev–Trinajstić information content (AvgIpc) is 3.19. The zero-order chi connectivity index (χ0) is 16.8. The lowest BCUT2D eigenvalue weighted by molar-refractivity contribution is 0.628. The quantitative estimate of drug-likeness (QED) is 0.772. The van der Waals surface area contributed by atoms with Gasteiger partial charge in [-0.15, -0.1) is 0 Å². The van der Waals surface area contributed by atoms with Crippen molar-refractivity contribution in [3.63, 3.8) is 0 Å². The number of fused-ring (bicyclic) bond motifs is 1. The van der Waals surface area contributed by atoms with Gasteiger partial charge in [0, 0.05) is 25.7 Å². The van der Waals surface area contributed by atoms with Gasteiger partial charge in [-0.25, -0.2) is 9.37 Å². The lowest BCUT2D eigenvalue weighted by atomic mass is 10.1. The SMILES string of the molecule is Cn1nc2nc(N3CCCC3)nc(-c3ccc(F)c(Cl)c3)c2c1N. The van der Waals surface area contributed by atoms with E-state index in [1.54, 1.807) is 23.9 Å². The molecule has 0 saturated carbocycles. The number of hydrogen-bond acceptors (Lipinski definition) is 5. The number of aromatic nitrogens is 4. The molecule has 0 aliphatic carbocycles. The second-order valence-corrected chi connectivity index (χ2v) is 6.31. The van der Waals surface area contributed by atoms with Crippen molar-refractivity contribution < 1.29 is 4.39 Å². The molecule has 0 bridgehead atoms. The van der Waals surface area contributed by atoms with Crippen molar-refractivity contribution in [2.75, 3.05) is 23.7 Å². The molecule has 0 radical (unpaired) electrons. The van der Waals surface area contributed by atoms with Gasteiger partial charge in [-0.2, -0.15) is 10.1 Å². The van der Waals surface area contributed by atoms with Crippen LogP contribution in [0.2, 0.25) is 5.02 Å². The van der Waals surface area contributed by atoms with E-state index in [1.165, 1.54) is 6.07 Å². The summed E-state index contributed by atoms with van der Waals surface area (Å²) in [5.74, 6) is 0.617. The Hall–Kier alpha value is -2.41. The van der Waals surface area contributed by atoms with Crippen LogP contribution in [0.15, 0.2) is 18.2 Å². The molecule has 1 aromatic carbocycles. The third kappa shape index (κ3) is 2.36. The van der Waals surface area contributed by atoms with Crippen LogP contribution in [0.1, 0.15) is 12.8 Å². The molecule has 1 saturated heterocycles. The third-order valence-electron chi connectivity index (χ3n) is 4.31. The molecule has 3 heterocycles.